The number of hydrogen-bond donors (Lipinski definition) is 0. The van der Waals surface area contributed by atoms with Crippen LogP contribution < -0.4 is 0 Å². The molecule has 0 saturated carbocycles. The minimum absolute atomic E-state index is 0.596. The first-order chi connectivity index (χ1) is 9.70. The van der Waals surface area contributed by atoms with Gasteiger partial charge in [0, 0.05) is 15.6 Å². The summed E-state index contributed by atoms with van der Waals surface area (Å²) in [5, 5.41) is 5.23. The summed E-state index contributed by atoms with van der Waals surface area (Å²) in [6.45, 7) is 0. The van der Waals surface area contributed by atoms with Crippen LogP contribution in [0.15, 0.2) is 59.8 Å². The lowest BCUT2D eigenvalue weighted by molar-refractivity contribution is 0.214. The summed E-state index contributed by atoms with van der Waals surface area (Å²) in [5.41, 5.74) is 2.56. The number of nitrogens with zero attached hydrogens (tertiary/aromatic N) is 1. The third-order valence-corrected chi connectivity index (χ3v) is 3.20. The Morgan fingerprint density at radius 1 is 1.10 bits per heavy atom. The van der Waals surface area contributed by atoms with Gasteiger partial charge in [-0.05, 0) is 23.8 Å². The van der Waals surface area contributed by atoms with Crippen molar-refractivity contribution in [2.24, 2.45) is 5.16 Å². The van der Waals surface area contributed by atoms with Crippen molar-refractivity contribution in [3.63, 3.8) is 0 Å². The summed E-state index contributed by atoms with van der Waals surface area (Å²) in [7, 11) is 1.52. The SMILES string of the molecule is CON=C(C=Cc1ccc(Cl)cc1Cl)c1ccccc1. The lowest BCUT2D eigenvalue weighted by Gasteiger charge is -2.02. The van der Waals surface area contributed by atoms with Crippen molar-refractivity contribution in [1.82, 2.24) is 0 Å². The van der Waals surface area contributed by atoms with Crippen molar-refractivity contribution in [2.75, 3.05) is 7.11 Å². The normalized spacial score (nSPS) is 11.8. The maximum atomic E-state index is 6.13. The van der Waals surface area contributed by atoms with Gasteiger partial charge in [0.2, 0.25) is 0 Å². The van der Waals surface area contributed by atoms with Crippen LogP contribution in [-0.2, 0) is 4.84 Å². The molecule has 102 valence electrons. The average molecular weight is 306 g/mol. The molecule has 2 rings (SSSR count). The minimum Gasteiger partial charge on any atom is -0.399 e. The molecule has 2 aromatic carbocycles. The summed E-state index contributed by atoms with van der Waals surface area (Å²) in [6, 6.07) is 15.1. The fraction of sp³-hybridized carbons (Fsp3) is 0.0625. The molecule has 2 aromatic rings. The Hall–Kier alpha value is -1.77. The van der Waals surface area contributed by atoms with Crippen molar-refractivity contribution in [2.45, 2.75) is 0 Å². The van der Waals surface area contributed by atoms with Gasteiger partial charge in [0.15, 0.2) is 0 Å². The Labute approximate surface area is 128 Å². The van der Waals surface area contributed by atoms with E-state index in [1.165, 1.54) is 7.11 Å². The quantitative estimate of drug-likeness (QED) is 0.571. The molecule has 4 heteroatoms. The molecular formula is C16H13Cl2NO. The molecule has 20 heavy (non-hydrogen) atoms. The van der Waals surface area contributed by atoms with Crippen molar-refractivity contribution < 1.29 is 4.84 Å². The lowest BCUT2D eigenvalue weighted by Crippen LogP contribution is -1.97. The maximum Gasteiger partial charge on any atom is 0.110 e. The summed E-state index contributed by atoms with van der Waals surface area (Å²) >= 11 is 12.0. The van der Waals surface area contributed by atoms with Crippen LogP contribution in [0.25, 0.3) is 6.08 Å². The topological polar surface area (TPSA) is 21.6 Å². The summed E-state index contributed by atoms with van der Waals surface area (Å²) in [4.78, 5) is 4.88. The van der Waals surface area contributed by atoms with E-state index in [0.29, 0.717) is 10.0 Å². The van der Waals surface area contributed by atoms with Crippen LogP contribution in [0.5, 0.6) is 0 Å². The minimum atomic E-state index is 0.596. The molecule has 0 aromatic heterocycles. The molecule has 0 bridgehead atoms. The summed E-state index contributed by atoms with van der Waals surface area (Å²) in [6.07, 6.45) is 3.73. The standard InChI is InChI=1S/C16H13Cl2NO/c1-20-19-16(13-5-3-2-4-6-13)10-8-12-7-9-14(17)11-15(12)18/h2-11H,1H3. The lowest BCUT2D eigenvalue weighted by atomic mass is 10.1. The van der Waals surface area contributed by atoms with Crippen LogP contribution in [0, 0.1) is 0 Å². The van der Waals surface area contributed by atoms with Gasteiger partial charge in [-0.15, -0.1) is 0 Å². The maximum absolute atomic E-state index is 6.13. The van der Waals surface area contributed by atoms with Gasteiger partial charge in [-0.25, -0.2) is 0 Å². The monoisotopic (exact) mass is 305 g/mol. The van der Waals surface area contributed by atoms with Gasteiger partial charge in [0.05, 0.1) is 0 Å². The Morgan fingerprint density at radius 3 is 2.50 bits per heavy atom. The van der Waals surface area contributed by atoms with Crippen LogP contribution in [0.3, 0.4) is 0 Å². The fourth-order valence-corrected chi connectivity index (χ4v) is 2.16. The predicted molar refractivity (Wildman–Crippen MR) is 85.5 cm³/mol. The highest BCUT2D eigenvalue weighted by atomic mass is 35.5. The smallest absolute Gasteiger partial charge is 0.110 e. The van der Waals surface area contributed by atoms with Crippen molar-refractivity contribution >= 4 is 35.0 Å². The Morgan fingerprint density at radius 2 is 1.85 bits per heavy atom. The zero-order chi connectivity index (χ0) is 14.4. The first kappa shape index (κ1) is 14.6. The molecule has 0 spiro atoms. The molecule has 0 saturated heterocycles. The van der Waals surface area contributed by atoms with E-state index in [2.05, 4.69) is 5.16 Å². The van der Waals surface area contributed by atoms with Gasteiger partial charge in [-0.1, -0.05) is 70.8 Å². The molecule has 0 amide bonds. The molecule has 2 nitrogen and oxygen atoms in total. The van der Waals surface area contributed by atoms with Crippen LogP contribution >= 0.6 is 23.2 Å². The third-order valence-electron chi connectivity index (χ3n) is 2.64. The zero-order valence-corrected chi connectivity index (χ0v) is 12.4. The zero-order valence-electron chi connectivity index (χ0n) is 10.9. The highest BCUT2D eigenvalue weighted by molar-refractivity contribution is 6.35. The third kappa shape index (κ3) is 3.86. The molecule has 0 atom stereocenters. The predicted octanol–water partition coefficient (Wildman–Crippen LogP) is 5.06. The van der Waals surface area contributed by atoms with Gasteiger partial charge in [-0.2, -0.15) is 0 Å². The number of rotatable bonds is 4. The van der Waals surface area contributed by atoms with Gasteiger partial charge < -0.3 is 4.84 Å². The second-order valence-corrected chi connectivity index (χ2v) is 4.87. The van der Waals surface area contributed by atoms with Gasteiger partial charge in [-0.3, -0.25) is 0 Å². The first-order valence-electron chi connectivity index (χ1n) is 6.00. The van der Waals surface area contributed by atoms with E-state index in [1.807, 2.05) is 48.6 Å². The molecular weight excluding hydrogens is 293 g/mol. The molecule has 0 aliphatic rings. The van der Waals surface area contributed by atoms with Crippen LogP contribution in [0.1, 0.15) is 11.1 Å². The van der Waals surface area contributed by atoms with Crippen molar-refractivity contribution in [1.29, 1.82) is 0 Å². The van der Waals surface area contributed by atoms with E-state index in [-0.39, 0.29) is 0 Å². The molecule has 0 N–H and O–H groups in total. The molecule has 0 unspecified atom stereocenters. The van der Waals surface area contributed by atoms with Crippen LogP contribution in [0.2, 0.25) is 10.0 Å². The molecule has 0 fully saturated rings. The summed E-state index contributed by atoms with van der Waals surface area (Å²) < 4.78 is 0. The first-order valence-corrected chi connectivity index (χ1v) is 6.76. The number of benzene rings is 2. The molecule has 0 aliphatic carbocycles. The molecule has 0 heterocycles. The van der Waals surface area contributed by atoms with Crippen LogP contribution in [0.4, 0.5) is 0 Å². The average Bonchev–Trinajstić information content (AvgIpc) is 2.46. The number of hydrogen-bond acceptors (Lipinski definition) is 2. The fourth-order valence-electron chi connectivity index (χ4n) is 1.69. The summed E-state index contributed by atoms with van der Waals surface area (Å²) in [5.74, 6) is 0. The van der Waals surface area contributed by atoms with E-state index in [9.17, 15) is 0 Å². The number of oxime groups is 1. The second kappa shape index (κ2) is 7.13. The van der Waals surface area contributed by atoms with Crippen LogP contribution in [-0.4, -0.2) is 12.8 Å². The van der Waals surface area contributed by atoms with E-state index in [0.717, 1.165) is 16.8 Å². The number of allylic oxidation sites excluding steroid dienone is 1. The van der Waals surface area contributed by atoms with E-state index >= 15 is 0 Å². The van der Waals surface area contributed by atoms with E-state index in [4.69, 9.17) is 28.0 Å². The highest BCUT2D eigenvalue weighted by Gasteiger charge is 2.01. The Balaban J connectivity index is 2.29. The molecule has 0 aliphatic heterocycles. The Bertz CT molecular complexity index is 636. The van der Waals surface area contributed by atoms with Gasteiger partial charge >= 0.3 is 0 Å². The van der Waals surface area contributed by atoms with Gasteiger partial charge in [0.25, 0.3) is 0 Å². The highest BCUT2D eigenvalue weighted by Crippen LogP contribution is 2.22. The largest absolute Gasteiger partial charge is 0.399 e. The Kier molecular flexibility index (Phi) is 5.22. The molecule has 0 radical (unpaired) electrons. The number of halogens is 2. The van der Waals surface area contributed by atoms with E-state index < -0.39 is 0 Å². The van der Waals surface area contributed by atoms with E-state index in [1.54, 1.807) is 12.1 Å². The van der Waals surface area contributed by atoms with Crippen molar-refractivity contribution in [3.8, 4) is 0 Å². The van der Waals surface area contributed by atoms with Gasteiger partial charge in [0.1, 0.15) is 12.8 Å². The second-order valence-electron chi connectivity index (χ2n) is 4.02. The van der Waals surface area contributed by atoms with Crippen molar-refractivity contribution in [3.05, 3.63) is 75.8 Å².